The number of carbonyl (C=O) groups is 1. The number of aromatic amines is 1. The second kappa shape index (κ2) is 4.25. The van der Waals surface area contributed by atoms with Crippen LogP contribution in [-0.2, 0) is 11.2 Å². The number of aliphatic carboxylic acids is 1. The molecule has 14 heavy (non-hydrogen) atoms. The van der Waals surface area contributed by atoms with E-state index in [0.717, 1.165) is 16.5 Å². The lowest BCUT2D eigenvalue weighted by Gasteiger charge is -1.92. The summed E-state index contributed by atoms with van der Waals surface area (Å²) in [6.45, 7) is 0. The Labute approximate surface area is 84.8 Å². The average Bonchev–Trinajstić information content (AvgIpc) is 2.48. The summed E-state index contributed by atoms with van der Waals surface area (Å²) in [7, 11) is 0. The summed E-state index contributed by atoms with van der Waals surface area (Å²) < 4.78 is 0. The Morgan fingerprint density at radius 3 is 2.79 bits per heavy atom. The number of rotatable bonds is 2. The van der Waals surface area contributed by atoms with Crippen LogP contribution in [0, 0.1) is 0 Å². The Morgan fingerprint density at radius 2 is 2.07 bits per heavy atom. The highest BCUT2D eigenvalue weighted by atomic mass is 31.0. The van der Waals surface area contributed by atoms with Crippen molar-refractivity contribution in [1.29, 1.82) is 0 Å². The van der Waals surface area contributed by atoms with Crippen LogP contribution < -0.4 is 0 Å². The minimum atomic E-state index is -0.801. The number of benzene rings is 1. The van der Waals surface area contributed by atoms with Crippen molar-refractivity contribution in [2.24, 2.45) is 0 Å². The molecule has 4 heteroatoms. The van der Waals surface area contributed by atoms with Crippen LogP contribution in [-0.4, -0.2) is 16.1 Å². The van der Waals surface area contributed by atoms with Crippen LogP contribution in [0.5, 0.6) is 0 Å². The van der Waals surface area contributed by atoms with Gasteiger partial charge in [-0.3, -0.25) is 4.79 Å². The zero-order chi connectivity index (χ0) is 9.26. The molecule has 2 aromatic rings. The van der Waals surface area contributed by atoms with Gasteiger partial charge in [0.1, 0.15) is 0 Å². The van der Waals surface area contributed by atoms with Gasteiger partial charge in [0.05, 0.1) is 6.42 Å². The maximum Gasteiger partial charge on any atom is 0.307 e. The summed E-state index contributed by atoms with van der Waals surface area (Å²) in [6, 6.07) is 7.68. The molecule has 0 saturated heterocycles. The molecule has 0 aliphatic rings. The first kappa shape index (κ1) is 10.7. The average molecular weight is 209 g/mol. The fourth-order valence-corrected chi connectivity index (χ4v) is 1.44. The number of hydrogen-bond donors (Lipinski definition) is 2. The Kier molecular flexibility index (Phi) is 3.26. The van der Waals surface area contributed by atoms with Crippen LogP contribution >= 0.6 is 9.90 Å². The van der Waals surface area contributed by atoms with Gasteiger partial charge in [-0.25, -0.2) is 0 Å². The molecule has 1 heterocycles. The fraction of sp³-hybridized carbons (Fsp3) is 0.100. The van der Waals surface area contributed by atoms with E-state index in [1.165, 1.54) is 0 Å². The predicted molar refractivity (Wildman–Crippen MR) is 60.7 cm³/mol. The largest absolute Gasteiger partial charge is 0.481 e. The van der Waals surface area contributed by atoms with E-state index in [2.05, 4.69) is 4.98 Å². The van der Waals surface area contributed by atoms with E-state index in [4.69, 9.17) is 5.11 Å². The molecule has 0 fully saturated rings. The summed E-state index contributed by atoms with van der Waals surface area (Å²) in [5.74, 6) is -0.801. The zero-order valence-electron chi connectivity index (χ0n) is 7.66. The molecule has 0 bridgehead atoms. The molecule has 1 aromatic carbocycles. The number of carboxylic acids is 1. The SMILES string of the molecule is O=C(O)Cc1c[nH]c2ccccc12.P. The van der Waals surface area contributed by atoms with Gasteiger partial charge >= 0.3 is 5.97 Å². The van der Waals surface area contributed by atoms with Gasteiger partial charge < -0.3 is 10.1 Å². The third-order valence-electron chi connectivity index (χ3n) is 2.02. The molecule has 0 spiro atoms. The maximum absolute atomic E-state index is 10.5. The van der Waals surface area contributed by atoms with E-state index >= 15 is 0 Å². The first-order valence-corrected chi connectivity index (χ1v) is 4.04. The standard InChI is InChI=1S/C10H9NO2.H3P/c12-10(13)5-7-6-11-9-4-2-1-3-8(7)9;/h1-4,6,11H,5H2,(H,12,13);1H3. The highest BCUT2D eigenvalue weighted by molar-refractivity contribution is 6.92. The molecule has 1 unspecified atom stereocenters. The quantitative estimate of drug-likeness (QED) is 0.741. The van der Waals surface area contributed by atoms with Crippen molar-refractivity contribution in [3.63, 3.8) is 0 Å². The van der Waals surface area contributed by atoms with Crippen LogP contribution in [0.2, 0.25) is 0 Å². The van der Waals surface area contributed by atoms with Gasteiger partial charge in [-0.2, -0.15) is 9.90 Å². The van der Waals surface area contributed by atoms with Crippen molar-refractivity contribution in [1.82, 2.24) is 4.98 Å². The Morgan fingerprint density at radius 1 is 1.36 bits per heavy atom. The van der Waals surface area contributed by atoms with Crippen molar-refractivity contribution in [2.45, 2.75) is 6.42 Å². The molecule has 0 aliphatic carbocycles. The molecule has 1 atom stereocenters. The molecule has 0 saturated carbocycles. The van der Waals surface area contributed by atoms with Crippen LogP contribution in [0.3, 0.4) is 0 Å². The fourth-order valence-electron chi connectivity index (χ4n) is 1.44. The van der Waals surface area contributed by atoms with Crippen LogP contribution in [0.25, 0.3) is 10.9 Å². The van der Waals surface area contributed by atoms with Crippen LogP contribution in [0.1, 0.15) is 5.56 Å². The minimum Gasteiger partial charge on any atom is -0.481 e. The van der Waals surface area contributed by atoms with Gasteiger partial charge in [0.15, 0.2) is 0 Å². The molecule has 2 N–H and O–H groups in total. The van der Waals surface area contributed by atoms with Crippen LogP contribution in [0.4, 0.5) is 0 Å². The number of aromatic nitrogens is 1. The normalized spacial score (nSPS) is 9.71. The first-order valence-electron chi connectivity index (χ1n) is 4.04. The van der Waals surface area contributed by atoms with E-state index < -0.39 is 5.97 Å². The topological polar surface area (TPSA) is 53.1 Å². The van der Waals surface area contributed by atoms with E-state index in [9.17, 15) is 4.79 Å². The Hall–Kier alpha value is -1.34. The zero-order valence-corrected chi connectivity index (χ0v) is 9.07. The summed E-state index contributed by atoms with van der Waals surface area (Å²) >= 11 is 0. The highest BCUT2D eigenvalue weighted by Gasteiger charge is 2.05. The Balaban J connectivity index is 0.000000980. The molecule has 74 valence electrons. The van der Waals surface area contributed by atoms with E-state index in [1.807, 2.05) is 24.3 Å². The molecule has 0 amide bonds. The maximum atomic E-state index is 10.5. The third kappa shape index (κ3) is 1.94. The van der Waals surface area contributed by atoms with E-state index in [1.54, 1.807) is 6.20 Å². The summed E-state index contributed by atoms with van der Waals surface area (Å²) in [5, 5.41) is 9.62. The smallest absolute Gasteiger partial charge is 0.307 e. The van der Waals surface area contributed by atoms with Gasteiger partial charge in [0.2, 0.25) is 0 Å². The van der Waals surface area contributed by atoms with Gasteiger partial charge in [-0.05, 0) is 11.6 Å². The van der Waals surface area contributed by atoms with E-state index in [0.29, 0.717) is 0 Å². The molecular formula is C10H12NO2P. The highest BCUT2D eigenvalue weighted by Crippen LogP contribution is 2.17. The summed E-state index contributed by atoms with van der Waals surface area (Å²) in [6.07, 6.45) is 1.82. The number of hydrogen-bond acceptors (Lipinski definition) is 1. The molecule has 0 radical (unpaired) electrons. The second-order valence-electron chi connectivity index (χ2n) is 2.93. The van der Waals surface area contributed by atoms with Gasteiger partial charge in [-0.15, -0.1) is 0 Å². The van der Waals surface area contributed by atoms with E-state index in [-0.39, 0.29) is 16.3 Å². The van der Waals surface area contributed by atoms with Crippen molar-refractivity contribution in [3.05, 3.63) is 36.0 Å². The molecule has 1 aromatic heterocycles. The van der Waals surface area contributed by atoms with Gasteiger partial charge in [-0.1, -0.05) is 18.2 Å². The number of nitrogens with one attached hydrogen (secondary N) is 1. The predicted octanol–water partition coefficient (Wildman–Crippen LogP) is 1.85. The molecule has 2 rings (SSSR count). The minimum absolute atomic E-state index is 0. The van der Waals surface area contributed by atoms with Crippen molar-refractivity contribution >= 4 is 26.8 Å². The van der Waals surface area contributed by atoms with Crippen molar-refractivity contribution in [2.75, 3.05) is 0 Å². The van der Waals surface area contributed by atoms with Crippen molar-refractivity contribution < 1.29 is 9.90 Å². The summed E-state index contributed by atoms with van der Waals surface area (Å²) in [5.41, 5.74) is 1.82. The van der Waals surface area contributed by atoms with Crippen molar-refractivity contribution in [3.8, 4) is 0 Å². The summed E-state index contributed by atoms with van der Waals surface area (Å²) in [4.78, 5) is 13.5. The number of carboxylic acid groups (broad SMARTS) is 1. The molecule has 0 aliphatic heterocycles. The lowest BCUT2D eigenvalue weighted by atomic mass is 10.1. The lowest BCUT2D eigenvalue weighted by Crippen LogP contribution is -1.98. The second-order valence-corrected chi connectivity index (χ2v) is 2.93. The monoisotopic (exact) mass is 209 g/mol. The number of para-hydroxylation sites is 1. The van der Waals surface area contributed by atoms with Gasteiger partial charge in [0, 0.05) is 17.1 Å². The number of H-pyrrole nitrogens is 1. The lowest BCUT2D eigenvalue weighted by molar-refractivity contribution is -0.136. The Bertz CT molecular complexity index is 450. The molecule has 3 nitrogen and oxygen atoms in total. The third-order valence-corrected chi connectivity index (χ3v) is 2.02. The molecular weight excluding hydrogens is 197 g/mol. The first-order chi connectivity index (χ1) is 6.27. The van der Waals surface area contributed by atoms with Gasteiger partial charge in [0.25, 0.3) is 0 Å². The number of fused-ring (bicyclic) bond motifs is 1. The van der Waals surface area contributed by atoms with Crippen LogP contribution in [0.15, 0.2) is 30.5 Å².